The van der Waals surface area contributed by atoms with Crippen molar-refractivity contribution in [2.24, 2.45) is 0 Å². The first-order chi connectivity index (χ1) is 6.86. The zero-order valence-electron chi connectivity index (χ0n) is 7.52. The third-order valence-electron chi connectivity index (χ3n) is 1.97. The van der Waals surface area contributed by atoms with E-state index in [1.54, 1.807) is 12.5 Å². The van der Waals surface area contributed by atoms with Gasteiger partial charge in [-0.15, -0.1) is 0 Å². The number of hydrogen-bond donors (Lipinski definition) is 0. The fourth-order valence-corrected chi connectivity index (χ4v) is 1.46. The summed E-state index contributed by atoms with van der Waals surface area (Å²) in [6.07, 6.45) is 4.04. The van der Waals surface area contributed by atoms with Crippen LogP contribution in [0, 0.1) is 0 Å². The maximum atomic E-state index is 6.03. The number of hydrogen-bond acceptors (Lipinski definition) is 2. The van der Waals surface area contributed by atoms with Crippen LogP contribution < -0.4 is 0 Å². The normalized spacial score (nSPS) is 10.1. The predicted octanol–water partition coefficient (Wildman–Crippen LogP) is 2.72. The van der Waals surface area contributed by atoms with Crippen LogP contribution in [0.5, 0.6) is 0 Å². The Hall–Kier alpha value is -1.41. The summed E-state index contributed by atoms with van der Waals surface area (Å²) in [6.45, 7) is 0. The molecule has 2 nitrogen and oxygen atoms in total. The first-order valence-corrected chi connectivity index (χ1v) is 4.72. The molecule has 0 aliphatic carbocycles. The van der Waals surface area contributed by atoms with Gasteiger partial charge in [-0.05, 0) is 17.7 Å². The van der Waals surface area contributed by atoms with Crippen molar-refractivity contribution < 1.29 is 0 Å². The number of halogens is 1. The third-order valence-corrected chi connectivity index (χ3v) is 2.34. The Bertz CT molecular complexity index is 415. The van der Waals surface area contributed by atoms with E-state index in [4.69, 9.17) is 11.6 Å². The second-order valence-corrected chi connectivity index (χ2v) is 3.38. The first kappa shape index (κ1) is 9.16. The van der Waals surface area contributed by atoms with Crippen molar-refractivity contribution in [1.82, 2.24) is 9.97 Å². The average molecular weight is 205 g/mol. The van der Waals surface area contributed by atoms with Gasteiger partial charge in [0, 0.05) is 23.3 Å². The van der Waals surface area contributed by atoms with Gasteiger partial charge < -0.3 is 0 Å². The van der Waals surface area contributed by atoms with E-state index < -0.39 is 0 Å². The van der Waals surface area contributed by atoms with Gasteiger partial charge in [0.25, 0.3) is 0 Å². The number of benzene rings is 1. The van der Waals surface area contributed by atoms with E-state index in [2.05, 4.69) is 9.97 Å². The van der Waals surface area contributed by atoms with Gasteiger partial charge in [-0.2, -0.15) is 0 Å². The molecular weight excluding hydrogens is 196 g/mol. The monoisotopic (exact) mass is 204 g/mol. The van der Waals surface area contributed by atoms with E-state index in [0.29, 0.717) is 0 Å². The molecule has 2 rings (SSSR count). The third kappa shape index (κ3) is 2.09. The summed E-state index contributed by atoms with van der Waals surface area (Å²) in [5, 5.41) is 0.783. The summed E-state index contributed by atoms with van der Waals surface area (Å²) in [5.41, 5.74) is 2.07. The number of aromatic nitrogens is 2. The molecule has 0 aliphatic heterocycles. The van der Waals surface area contributed by atoms with Gasteiger partial charge >= 0.3 is 0 Å². The van der Waals surface area contributed by atoms with Crippen LogP contribution in [0.2, 0.25) is 5.02 Å². The van der Waals surface area contributed by atoms with Gasteiger partial charge in [0.05, 0.1) is 0 Å². The molecule has 0 unspecified atom stereocenters. The second-order valence-electron chi connectivity index (χ2n) is 2.97. The Morgan fingerprint density at radius 3 is 2.71 bits per heavy atom. The van der Waals surface area contributed by atoms with Crippen LogP contribution in [0.25, 0.3) is 0 Å². The highest BCUT2D eigenvalue weighted by atomic mass is 35.5. The van der Waals surface area contributed by atoms with Crippen LogP contribution in [0.3, 0.4) is 0 Å². The summed E-state index contributed by atoms with van der Waals surface area (Å²) < 4.78 is 0. The van der Waals surface area contributed by atoms with Crippen molar-refractivity contribution in [1.29, 1.82) is 0 Å². The molecule has 1 aromatic heterocycles. The average Bonchev–Trinajstić information content (AvgIpc) is 2.23. The predicted molar refractivity (Wildman–Crippen MR) is 56.3 cm³/mol. The van der Waals surface area contributed by atoms with Crippen molar-refractivity contribution in [3.05, 3.63) is 59.1 Å². The second kappa shape index (κ2) is 4.20. The van der Waals surface area contributed by atoms with Gasteiger partial charge in [-0.3, -0.25) is 0 Å². The molecule has 0 atom stereocenters. The summed E-state index contributed by atoms with van der Waals surface area (Å²) in [7, 11) is 0. The highest BCUT2D eigenvalue weighted by molar-refractivity contribution is 6.31. The standard InChI is InChI=1S/C11H9ClN2/c12-11-4-2-1-3-9(11)7-10-5-6-13-8-14-10/h1-6,8H,7H2. The first-order valence-electron chi connectivity index (χ1n) is 4.34. The minimum atomic E-state index is 0.752. The van der Waals surface area contributed by atoms with Crippen molar-refractivity contribution in [2.45, 2.75) is 6.42 Å². The summed E-state index contributed by atoms with van der Waals surface area (Å²) in [5.74, 6) is 0. The summed E-state index contributed by atoms with van der Waals surface area (Å²) in [6, 6.07) is 9.68. The fourth-order valence-electron chi connectivity index (χ4n) is 1.26. The molecule has 1 heterocycles. The molecule has 0 saturated carbocycles. The smallest absolute Gasteiger partial charge is 0.115 e. The Kier molecular flexibility index (Phi) is 2.75. The van der Waals surface area contributed by atoms with Crippen molar-refractivity contribution in [3.8, 4) is 0 Å². The lowest BCUT2D eigenvalue weighted by atomic mass is 10.1. The van der Waals surface area contributed by atoms with Crippen LogP contribution >= 0.6 is 11.6 Å². The lowest BCUT2D eigenvalue weighted by molar-refractivity contribution is 1.03. The number of nitrogens with zero attached hydrogens (tertiary/aromatic N) is 2. The lowest BCUT2D eigenvalue weighted by Gasteiger charge is -2.02. The molecule has 0 amide bonds. The van der Waals surface area contributed by atoms with Crippen molar-refractivity contribution in [3.63, 3.8) is 0 Å². The maximum absolute atomic E-state index is 6.03. The van der Waals surface area contributed by atoms with Crippen LogP contribution in [0.15, 0.2) is 42.9 Å². The van der Waals surface area contributed by atoms with Gasteiger partial charge in [0.15, 0.2) is 0 Å². The molecule has 3 heteroatoms. The van der Waals surface area contributed by atoms with Gasteiger partial charge in [-0.1, -0.05) is 29.8 Å². The Morgan fingerprint density at radius 2 is 2.00 bits per heavy atom. The highest BCUT2D eigenvalue weighted by Crippen LogP contribution is 2.17. The zero-order valence-corrected chi connectivity index (χ0v) is 8.28. The molecule has 14 heavy (non-hydrogen) atoms. The molecule has 0 N–H and O–H groups in total. The molecule has 2 aromatic rings. The molecular formula is C11H9ClN2. The molecule has 1 aromatic carbocycles. The minimum Gasteiger partial charge on any atom is -0.245 e. The molecule has 0 radical (unpaired) electrons. The number of rotatable bonds is 2. The van der Waals surface area contributed by atoms with E-state index in [-0.39, 0.29) is 0 Å². The molecule has 0 spiro atoms. The largest absolute Gasteiger partial charge is 0.245 e. The highest BCUT2D eigenvalue weighted by Gasteiger charge is 2.00. The van der Waals surface area contributed by atoms with Crippen LogP contribution in [-0.4, -0.2) is 9.97 Å². The van der Waals surface area contributed by atoms with E-state index in [1.165, 1.54) is 0 Å². The van der Waals surface area contributed by atoms with Crippen LogP contribution in [-0.2, 0) is 6.42 Å². The van der Waals surface area contributed by atoms with Crippen LogP contribution in [0.4, 0.5) is 0 Å². The SMILES string of the molecule is Clc1ccccc1Cc1ccncn1. The van der Waals surface area contributed by atoms with Gasteiger partial charge in [0.2, 0.25) is 0 Å². The van der Waals surface area contributed by atoms with Crippen molar-refractivity contribution in [2.75, 3.05) is 0 Å². The molecule has 0 bridgehead atoms. The quantitative estimate of drug-likeness (QED) is 0.752. The van der Waals surface area contributed by atoms with E-state index >= 15 is 0 Å². The molecule has 0 saturated heterocycles. The van der Waals surface area contributed by atoms with Crippen molar-refractivity contribution >= 4 is 11.6 Å². The van der Waals surface area contributed by atoms with E-state index in [1.807, 2.05) is 30.3 Å². The molecule has 0 aliphatic rings. The molecule has 0 fully saturated rings. The van der Waals surface area contributed by atoms with E-state index in [9.17, 15) is 0 Å². The van der Waals surface area contributed by atoms with E-state index in [0.717, 1.165) is 22.7 Å². The van der Waals surface area contributed by atoms with Gasteiger partial charge in [-0.25, -0.2) is 9.97 Å². The Morgan fingerprint density at radius 1 is 1.14 bits per heavy atom. The minimum absolute atomic E-state index is 0.752. The molecule has 70 valence electrons. The zero-order chi connectivity index (χ0) is 9.80. The summed E-state index contributed by atoms with van der Waals surface area (Å²) in [4.78, 5) is 8.01. The van der Waals surface area contributed by atoms with Crippen LogP contribution in [0.1, 0.15) is 11.3 Å². The summed E-state index contributed by atoms with van der Waals surface area (Å²) >= 11 is 6.03. The fraction of sp³-hybridized carbons (Fsp3) is 0.0909. The maximum Gasteiger partial charge on any atom is 0.115 e. The Balaban J connectivity index is 2.24. The lowest BCUT2D eigenvalue weighted by Crippen LogP contribution is -1.92. The Labute approximate surface area is 87.6 Å². The topological polar surface area (TPSA) is 25.8 Å². The van der Waals surface area contributed by atoms with Gasteiger partial charge in [0.1, 0.15) is 6.33 Å².